The van der Waals surface area contributed by atoms with Gasteiger partial charge in [-0.05, 0) is 62.4 Å². The Balaban J connectivity index is 2.13. The van der Waals surface area contributed by atoms with E-state index in [4.69, 9.17) is 11.6 Å². The third kappa shape index (κ3) is 4.52. The van der Waals surface area contributed by atoms with Gasteiger partial charge in [-0.3, -0.25) is 9.36 Å². The summed E-state index contributed by atoms with van der Waals surface area (Å²) in [4.78, 5) is 19.3. The van der Waals surface area contributed by atoms with Crippen LogP contribution < -0.4 is 0 Å². The summed E-state index contributed by atoms with van der Waals surface area (Å²) in [6, 6.07) is 13.7. The molecule has 0 spiro atoms. The molecule has 0 bridgehead atoms. The van der Waals surface area contributed by atoms with E-state index < -0.39 is 9.84 Å². The molecule has 6 nitrogen and oxygen atoms in total. The van der Waals surface area contributed by atoms with Gasteiger partial charge in [0, 0.05) is 41.8 Å². The average Bonchev–Trinajstić information content (AvgIpc) is 3.14. The van der Waals surface area contributed by atoms with Crippen molar-refractivity contribution in [3.05, 3.63) is 65.4 Å². The normalized spacial score (nSPS) is 11.4. The topological polar surface area (TPSA) is 72.3 Å². The molecule has 3 rings (SSSR count). The second kappa shape index (κ2) is 8.39. The van der Waals surface area contributed by atoms with Crippen LogP contribution in [0.15, 0.2) is 59.6 Å². The Morgan fingerprint density at radius 3 is 2.14 bits per heavy atom. The van der Waals surface area contributed by atoms with Crippen molar-refractivity contribution in [2.75, 3.05) is 19.3 Å². The van der Waals surface area contributed by atoms with Gasteiger partial charge in [0.25, 0.3) is 5.91 Å². The highest BCUT2D eigenvalue weighted by Crippen LogP contribution is 2.26. The zero-order chi connectivity index (χ0) is 21.2. The Labute approximate surface area is 175 Å². The molecule has 8 heteroatoms. The van der Waals surface area contributed by atoms with E-state index in [1.165, 1.54) is 6.26 Å². The molecule has 0 N–H and O–H groups in total. The maximum atomic E-state index is 12.8. The van der Waals surface area contributed by atoms with E-state index in [1.807, 2.05) is 26.0 Å². The molecule has 0 aliphatic heterocycles. The van der Waals surface area contributed by atoms with E-state index in [2.05, 4.69) is 4.98 Å². The molecule has 0 fully saturated rings. The first kappa shape index (κ1) is 21.1. The molecule has 1 amide bonds. The van der Waals surface area contributed by atoms with Crippen molar-refractivity contribution in [3.63, 3.8) is 0 Å². The number of rotatable bonds is 6. The molecule has 152 valence electrons. The fourth-order valence-corrected chi connectivity index (χ4v) is 3.77. The van der Waals surface area contributed by atoms with Crippen LogP contribution in [0.25, 0.3) is 17.1 Å². The molecular formula is C21H22ClN3O3S. The molecule has 0 unspecified atom stereocenters. The van der Waals surface area contributed by atoms with E-state index in [9.17, 15) is 13.2 Å². The average molecular weight is 432 g/mol. The van der Waals surface area contributed by atoms with Crippen molar-refractivity contribution in [2.45, 2.75) is 18.7 Å². The van der Waals surface area contributed by atoms with Crippen molar-refractivity contribution in [1.29, 1.82) is 0 Å². The summed E-state index contributed by atoms with van der Waals surface area (Å²) in [5.74, 6) is 0.418. The number of imidazole rings is 1. The van der Waals surface area contributed by atoms with E-state index in [-0.39, 0.29) is 10.8 Å². The predicted molar refractivity (Wildman–Crippen MR) is 114 cm³/mol. The number of halogens is 1. The van der Waals surface area contributed by atoms with Crippen molar-refractivity contribution in [1.82, 2.24) is 14.5 Å². The highest BCUT2D eigenvalue weighted by atomic mass is 35.5. The van der Waals surface area contributed by atoms with Gasteiger partial charge in [0.05, 0.1) is 4.90 Å². The van der Waals surface area contributed by atoms with Crippen LogP contribution in [0.3, 0.4) is 0 Å². The van der Waals surface area contributed by atoms with Gasteiger partial charge in [-0.25, -0.2) is 13.4 Å². The van der Waals surface area contributed by atoms with Crippen molar-refractivity contribution < 1.29 is 13.2 Å². The zero-order valence-electron chi connectivity index (χ0n) is 16.5. The number of benzene rings is 2. The summed E-state index contributed by atoms with van der Waals surface area (Å²) in [7, 11) is -3.30. The van der Waals surface area contributed by atoms with Crippen LogP contribution in [-0.2, 0) is 9.84 Å². The molecule has 0 saturated heterocycles. The molecule has 0 atom stereocenters. The van der Waals surface area contributed by atoms with Crippen LogP contribution in [-0.4, -0.2) is 48.1 Å². The van der Waals surface area contributed by atoms with Gasteiger partial charge >= 0.3 is 0 Å². The van der Waals surface area contributed by atoms with Gasteiger partial charge in [0.15, 0.2) is 9.84 Å². The molecule has 0 radical (unpaired) electrons. The Morgan fingerprint density at radius 1 is 1.03 bits per heavy atom. The first-order valence-corrected chi connectivity index (χ1v) is 11.5. The number of carbonyl (C=O) groups excluding carboxylic acids is 1. The van der Waals surface area contributed by atoms with Gasteiger partial charge < -0.3 is 4.90 Å². The number of carbonyl (C=O) groups is 1. The highest BCUT2D eigenvalue weighted by Gasteiger charge is 2.20. The van der Waals surface area contributed by atoms with Gasteiger partial charge in [0.1, 0.15) is 11.5 Å². The standard InChI is InChI=1S/C21H22ClN3O3S/c1-4-24(5-2)21(26)19-14-25(17-10-12-18(13-11-17)29(3,27)28)20(23-19)15-6-8-16(22)9-7-15/h6-14H,4-5H2,1-3H3. The summed E-state index contributed by atoms with van der Waals surface area (Å²) in [5.41, 5.74) is 1.82. The number of aromatic nitrogens is 2. The lowest BCUT2D eigenvalue weighted by molar-refractivity contribution is 0.0767. The van der Waals surface area contributed by atoms with Crippen molar-refractivity contribution >= 4 is 27.3 Å². The minimum Gasteiger partial charge on any atom is -0.338 e. The summed E-state index contributed by atoms with van der Waals surface area (Å²) in [6.07, 6.45) is 2.85. The Hall–Kier alpha value is -2.64. The van der Waals surface area contributed by atoms with Gasteiger partial charge in [0.2, 0.25) is 0 Å². The number of sulfone groups is 1. The Kier molecular flexibility index (Phi) is 6.10. The maximum absolute atomic E-state index is 12.8. The maximum Gasteiger partial charge on any atom is 0.274 e. The number of hydrogen-bond donors (Lipinski definition) is 0. The van der Waals surface area contributed by atoms with Gasteiger partial charge in [-0.15, -0.1) is 0 Å². The lowest BCUT2D eigenvalue weighted by atomic mass is 10.2. The van der Waals surface area contributed by atoms with E-state index in [0.29, 0.717) is 35.3 Å². The van der Waals surface area contributed by atoms with Gasteiger partial charge in [-0.1, -0.05) is 11.6 Å². The Morgan fingerprint density at radius 2 is 1.62 bits per heavy atom. The van der Waals surface area contributed by atoms with Crippen LogP contribution in [0.5, 0.6) is 0 Å². The van der Waals surface area contributed by atoms with Crippen LogP contribution in [0, 0.1) is 0 Å². The molecule has 29 heavy (non-hydrogen) atoms. The molecular weight excluding hydrogens is 410 g/mol. The summed E-state index contributed by atoms with van der Waals surface area (Å²) >= 11 is 6.01. The monoisotopic (exact) mass is 431 g/mol. The minimum atomic E-state index is -3.30. The zero-order valence-corrected chi connectivity index (χ0v) is 18.0. The van der Waals surface area contributed by atoms with Crippen molar-refractivity contribution in [2.24, 2.45) is 0 Å². The molecule has 3 aromatic rings. The first-order valence-electron chi connectivity index (χ1n) is 9.19. The minimum absolute atomic E-state index is 0.156. The predicted octanol–water partition coefficient (Wildman–Crippen LogP) is 4.08. The molecule has 0 aliphatic rings. The lowest BCUT2D eigenvalue weighted by Crippen LogP contribution is -2.30. The van der Waals surface area contributed by atoms with Crippen LogP contribution in [0.1, 0.15) is 24.3 Å². The first-order chi connectivity index (χ1) is 13.7. The number of hydrogen-bond acceptors (Lipinski definition) is 4. The molecule has 0 saturated carbocycles. The number of amides is 1. The quantitative estimate of drug-likeness (QED) is 0.589. The second-order valence-electron chi connectivity index (χ2n) is 6.57. The second-order valence-corrected chi connectivity index (χ2v) is 9.02. The van der Waals surface area contributed by atoms with E-state index >= 15 is 0 Å². The third-order valence-electron chi connectivity index (χ3n) is 4.62. The largest absolute Gasteiger partial charge is 0.338 e. The molecule has 1 heterocycles. The SMILES string of the molecule is CCN(CC)C(=O)c1cn(-c2ccc(S(C)(=O)=O)cc2)c(-c2ccc(Cl)cc2)n1. The fourth-order valence-electron chi connectivity index (χ4n) is 3.01. The van der Waals surface area contributed by atoms with Crippen LogP contribution in [0.4, 0.5) is 0 Å². The molecule has 0 aliphatic carbocycles. The van der Waals surface area contributed by atoms with Crippen molar-refractivity contribution in [3.8, 4) is 17.1 Å². The lowest BCUT2D eigenvalue weighted by Gasteiger charge is -2.16. The smallest absolute Gasteiger partial charge is 0.274 e. The fraction of sp³-hybridized carbons (Fsp3) is 0.238. The highest BCUT2D eigenvalue weighted by molar-refractivity contribution is 7.90. The third-order valence-corrected chi connectivity index (χ3v) is 6.00. The summed E-state index contributed by atoms with van der Waals surface area (Å²) in [5, 5.41) is 0.601. The van der Waals surface area contributed by atoms with Crippen LogP contribution >= 0.6 is 11.6 Å². The molecule has 1 aromatic heterocycles. The van der Waals surface area contributed by atoms with Gasteiger partial charge in [-0.2, -0.15) is 0 Å². The summed E-state index contributed by atoms with van der Waals surface area (Å²) < 4.78 is 25.3. The summed E-state index contributed by atoms with van der Waals surface area (Å²) in [6.45, 7) is 5.01. The van der Waals surface area contributed by atoms with E-state index in [1.54, 1.807) is 52.1 Å². The van der Waals surface area contributed by atoms with E-state index in [0.717, 1.165) is 5.56 Å². The Bertz CT molecular complexity index is 1120. The number of nitrogens with zero attached hydrogens (tertiary/aromatic N) is 3. The molecule has 2 aromatic carbocycles. The van der Waals surface area contributed by atoms with Crippen LogP contribution in [0.2, 0.25) is 5.02 Å².